The second kappa shape index (κ2) is 11.5. The zero-order valence-corrected chi connectivity index (χ0v) is 20.4. The summed E-state index contributed by atoms with van der Waals surface area (Å²) in [7, 11) is 0. The van der Waals surface area contributed by atoms with Gasteiger partial charge in [0.05, 0.1) is 5.56 Å². The molecule has 0 aromatic heterocycles. The first kappa shape index (κ1) is 24.9. The predicted octanol–water partition coefficient (Wildman–Crippen LogP) is 8.83. The standard InChI is InChI=1S/C31H26ClF3/c1-2-3-4-5-21-6-8-22(9-7-21)10-11-23-13-17-27-26(18-23)16-15-25(31(27)35)14-12-24-19-28(33)30(32)29(34)20-24/h6-9,13,15-20H,2-5,10-11H2,1H3. The summed E-state index contributed by atoms with van der Waals surface area (Å²) in [5.74, 6) is 3.05. The molecular weight excluding hydrogens is 465 g/mol. The van der Waals surface area contributed by atoms with Gasteiger partial charge in [0.1, 0.15) is 22.5 Å². The van der Waals surface area contributed by atoms with Crippen molar-refractivity contribution in [2.45, 2.75) is 45.4 Å². The topological polar surface area (TPSA) is 0 Å². The molecule has 4 rings (SSSR count). The number of unbranched alkanes of at least 4 members (excludes halogenated alkanes) is 2. The van der Waals surface area contributed by atoms with E-state index in [0.717, 1.165) is 42.3 Å². The molecule has 0 amide bonds. The lowest BCUT2D eigenvalue weighted by Crippen LogP contribution is -1.94. The molecule has 0 saturated carbocycles. The molecule has 0 radical (unpaired) electrons. The fraction of sp³-hybridized carbons (Fsp3) is 0.226. The van der Waals surface area contributed by atoms with Crippen molar-refractivity contribution < 1.29 is 13.2 Å². The van der Waals surface area contributed by atoms with Gasteiger partial charge in [0.2, 0.25) is 0 Å². The first-order chi connectivity index (χ1) is 16.9. The molecule has 35 heavy (non-hydrogen) atoms. The van der Waals surface area contributed by atoms with Crippen molar-refractivity contribution in [3.8, 4) is 11.8 Å². The van der Waals surface area contributed by atoms with Crippen LogP contribution < -0.4 is 0 Å². The SMILES string of the molecule is CCCCCc1ccc(CCc2ccc3c(F)c(C#Cc4cc(F)c(Cl)c(F)c4)ccc3c2)cc1. The van der Waals surface area contributed by atoms with E-state index in [2.05, 4.69) is 43.0 Å². The third kappa shape index (κ3) is 6.27. The molecule has 0 heterocycles. The molecule has 0 aliphatic rings. The van der Waals surface area contributed by atoms with Crippen LogP contribution in [-0.2, 0) is 19.3 Å². The van der Waals surface area contributed by atoms with E-state index >= 15 is 4.39 Å². The third-order valence-corrected chi connectivity index (χ3v) is 6.50. The van der Waals surface area contributed by atoms with Crippen molar-refractivity contribution in [3.05, 3.63) is 117 Å². The normalized spacial score (nSPS) is 10.9. The molecule has 0 nitrogen and oxygen atoms in total. The van der Waals surface area contributed by atoms with Crippen LogP contribution in [0.15, 0.2) is 66.7 Å². The molecule has 4 heteroatoms. The second-order valence-corrected chi connectivity index (χ2v) is 9.14. The quantitative estimate of drug-likeness (QED) is 0.138. The summed E-state index contributed by atoms with van der Waals surface area (Å²) in [4.78, 5) is 0. The number of aryl methyl sites for hydroxylation is 3. The Morgan fingerprint density at radius 2 is 1.31 bits per heavy atom. The van der Waals surface area contributed by atoms with Gasteiger partial charge in [0.15, 0.2) is 0 Å². The van der Waals surface area contributed by atoms with Crippen molar-refractivity contribution in [1.29, 1.82) is 0 Å². The Labute approximate surface area is 209 Å². The van der Waals surface area contributed by atoms with Gasteiger partial charge < -0.3 is 0 Å². The zero-order valence-electron chi connectivity index (χ0n) is 19.6. The van der Waals surface area contributed by atoms with Crippen molar-refractivity contribution in [2.24, 2.45) is 0 Å². The van der Waals surface area contributed by atoms with E-state index in [-0.39, 0.29) is 11.1 Å². The van der Waals surface area contributed by atoms with Gasteiger partial charge >= 0.3 is 0 Å². The highest BCUT2D eigenvalue weighted by molar-refractivity contribution is 6.30. The van der Waals surface area contributed by atoms with Gasteiger partial charge in [-0.25, -0.2) is 13.2 Å². The minimum Gasteiger partial charge on any atom is -0.205 e. The summed E-state index contributed by atoms with van der Waals surface area (Å²) >= 11 is 5.50. The molecule has 0 fully saturated rings. The van der Waals surface area contributed by atoms with E-state index in [4.69, 9.17) is 11.6 Å². The van der Waals surface area contributed by atoms with Gasteiger partial charge in [-0.05, 0) is 66.0 Å². The van der Waals surface area contributed by atoms with E-state index in [0.29, 0.717) is 5.39 Å². The first-order valence-electron chi connectivity index (χ1n) is 11.9. The smallest absolute Gasteiger partial charge is 0.146 e. The highest BCUT2D eigenvalue weighted by Crippen LogP contribution is 2.24. The van der Waals surface area contributed by atoms with Crippen LogP contribution in [0.25, 0.3) is 10.8 Å². The van der Waals surface area contributed by atoms with Crippen molar-refractivity contribution in [3.63, 3.8) is 0 Å². The van der Waals surface area contributed by atoms with Crippen LogP contribution in [0, 0.1) is 29.3 Å². The summed E-state index contributed by atoms with van der Waals surface area (Å²) in [5.41, 5.74) is 4.06. The highest BCUT2D eigenvalue weighted by Gasteiger charge is 2.09. The Morgan fingerprint density at radius 3 is 2.00 bits per heavy atom. The van der Waals surface area contributed by atoms with Crippen LogP contribution in [0.1, 0.15) is 54.0 Å². The van der Waals surface area contributed by atoms with E-state index in [1.54, 1.807) is 12.1 Å². The van der Waals surface area contributed by atoms with Gasteiger partial charge in [-0.1, -0.05) is 91.7 Å². The Morgan fingerprint density at radius 1 is 0.686 bits per heavy atom. The molecule has 178 valence electrons. The van der Waals surface area contributed by atoms with Crippen molar-refractivity contribution >= 4 is 22.4 Å². The molecule has 4 aromatic carbocycles. The van der Waals surface area contributed by atoms with Crippen LogP contribution in [-0.4, -0.2) is 0 Å². The third-order valence-electron chi connectivity index (χ3n) is 6.14. The van der Waals surface area contributed by atoms with Gasteiger partial charge in [0.25, 0.3) is 0 Å². The zero-order chi connectivity index (χ0) is 24.8. The monoisotopic (exact) mass is 490 g/mol. The minimum atomic E-state index is -0.898. The van der Waals surface area contributed by atoms with E-state index in [1.807, 2.05) is 18.2 Å². The van der Waals surface area contributed by atoms with Crippen LogP contribution in [0.5, 0.6) is 0 Å². The summed E-state index contributed by atoms with van der Waals surface area (Å²) in [5, 5.41) is 0.675. The molecule has 0 atom stereocenters. The number of rotatable bonds is 7. The Hall–Kier alpha value is -3.22. The van der Waals surface area contributed by atoms with Crippen LogP contribution in [0.3, 0.4) is 0 Å². The van der Waals surface area contributed by atoms with E-state index in [9.17, 15) is 8.78 Å². The Kier molecular flexibility index (Phi) is 8.16. The lowest BCUT2D eigenvalue weighted by Gasteiger charge is -2.07. The largest absolute Gasteiger partial charge is 0.205 e. The lowest BCUT2D eigenvalue weighted by atomic mass is 9.98. The Balaban J connectivity index is 1.46. The summed E-state index contributed by atoms with van der Waals surface area (Å²) in [6.45, 7) is 2.22. The van der Waals surface area contributed by atoms with E-state index < -0.39 is 22.5 Å². The second-order valence-electron chi connectivity index (χ2n) is 8.76. The summed E-state index contributed by atoms with van der Waals surface area (Å²) in [6.07, 6.45) is 6.64. The van der Waals surface area contributed by atoms with Gasteiger partial charge in [-0.2, -0.15) is 0 Å². The average molecular weight is 491 g/mol. The summed E-state index contributed by atoms with van der Waals surface area (Å²) < 4.78 is 42.3. The number of hydrogen-bond acceptors (Lipinski definition) is 0. The number of fused-ring (bicyclic) bond motifs is 1. The number of hydrogen-bond donors (Lipinski definition) is 0. The first-order valence-corrected chi connectivity index (χ1v) is 12.3. The highest BCUT2D eigenvalue weighted by atomic mass is 35.5. The Bertz CT molecular complexity index is 1370. The van der Waals surface area contributed by atoms with Crippen molar-refractivity contribution in [1.82, 2.24) is 0 Å². The van der Waals surface area contributed by atoms with Crippen LogP contribution in [0.2, 0.25) is 5.02 Å². The number of benzene rings is 4. The molecule has 0 spiro atoms. The fourth-order valence-electron chi connectivity index (χ4n) is 4.10. The molecule has 4 aromatic rings. The predicted molar refractivity (Wildman–Crippen MR) is 138 cm³/mol. The van der Waals surface area contributed by atoms with Gasteiger partial charge in [-0.15, -0.1) is 0 Å². The molecular formula is C31H26ClF3. The van der Waals surface area contributed by atoms with Crippen LogP contribution in [0.4, 0.5) is 13.2 Å². The van der Waals surface area contributed by atoms with E-state index in [1.165, 1.54) is 30.4 Å². The average Bonchev–Trinajstić information content (AvgIpc) is 2.86. The van der Waals surface area contributed by atoms with Crippen LogP contribution >= 0.6 is 11.6 Å². The maximum atomic E-state index is 15.1. The maximum Gasteiger partial charge on any atom is 0.146 e. The fourth-order valence-corrected chi connectivity index (χ4v) is 4.21. The molecule has 0 saturated heterocycles. The summed E-state index contributed by atoms with van der Waals surface area (Å²) in [6, 6.07) is 20.0. The minimum absolute atomic E-state index is 0.0910. The molecule has 0 bridgehead atoms. The van der Waals surface area contributed by atoms with Crippen molar-refractivity contribution in [2.75, 3.05) is 0 Å². The molecule has 0 N–H and O–H groups in total. The molecule has 0 unspecified atom stereocenters. The molecule has 0 aliphatic heterocycles. The van der Waals surface area contributed by atoms with Gasteiger partial charge in [-0.3, -0.25) is 0 Å². The van der Waals surface area contributed by atoms with Gasteiger partial charge in [0, 0.05) is 10.9 Å². The number of halogens is 4. The maximum absolute atomic E-state index is 15.1. The molecule has 0 aliphatic carbocycles. The lowest BCUT2D eigenvalue weighted by molar-refractivity contribution is 0.583.